The highest BCUT2D eigenvalue weighted by atomic mass is 127. The standard InChI is InChI=1S/C21H37FN6.HI/c1-6-23-21(25-12-8-13-28(16(2)3)17(4)5)26-18-10-14-27(15-18)20-19(22)9-7-11-24-20;/h7,9,11,16-18H,6,8,10,12-15H2,1-5H3,(H2,23,25,26);1H. The SMILES string of the molecule is CCNC(=NCCCN(C(C)C)C(C)C)NC1CCN(c2ncccc2F)C1.I. The predicted molar refractivity (Wildman–Crippen MR) is 131 cm³/mol. The van der Waals surface area contributed by atoms with Crippen LogP contribution in [0.3, 0.4) is 0 Å². The molecule has 2 heterocycles. The Hall–Kier alpha value is -1.16. The first-order valence-electron chi connectivity index (χ1n) is 10.6. The number of pyridine rings is 1. The summed E-state index contributed by atoms with van der Waals surface area (Å²) in [6.07, 6.45) is 3.61. The lowest BCUT2D eigenvalue weighted by Crippen LogP contribution is -2.45. The summed E-state index contributed by atoms with van der Waals surface area (Å²) in [5.74, 6) is 1.02. The van der Waals surface area contributed by atoms with E-state index in [1.54, 1.807) is 12.3 Å². The molecule has 1 unspecified atom stereocenters. The van der Waals surface area contributed by atoms with Gasteiger partial charge in [-0.3, -0.25) is 9.89 Å². The highest BCUT2D eigenvalue weighted by Gasteiger charge is 2.25. The number of nitrogens with zero attached hydrogens (tertiary/aromatic N) is 4. The maximum Gasteiger partial charge on any atom is 0.191 e. The molecule has 1 fully saturated rings. The average molecular weight is 520 g/mol. The minimum absolute atomic E-state index is 0. The molecule has 1 aliphatic rings. The second-order valence-corrected chi connectivity index (χ2v) is 7.92. The van der Waals surface area contributed by atoms with E-state index in [4.69, 9.17) is 4.99 Å². The van der Waals surface area contributed by atoms with E-state index in [0.717, 1.165) is 51.5 Å². The number of aromatic nitrogens is 1. The van der Waals surface area contributed by atoms with Crippen LogP contribution in [0.25, 0.3) is 0 Å². The zero-order valence-corrected chi connectivity index (χ0v) is 20.8. The number of nitrogens with one attached hydrogen (secondary N) is 2. The van der Waals surface area contributed by atoms with Gasteiger partial charge in [-0.1, -0.05) is 0 Å². The quantitative estimate of drug-likeness (QED) is 0.226. The van der Waals surface area contributed by atoms with Crippen LogP contribution in [0.15, 0.2) is 23.3 Å². The largest absolute Gasteiger partial charge is 0.357 e. The van der Waals surface area contributed by atoms with Gasteiger partial charge in [-0.2, -0.15) is 0 Å². The fourth-order valence-electron chi connectivity index (χ4n) is 3.75. The van der Waals surface area contributed by atoms with Crippen LogP contribution in [-0.2, 0) is 0 Å². The Morgan fingerprint density at radius 2 is 2.07 bits per heavy atom. The normalized spacial score (nSPS) is 17.2. The highest BCUT2D eigenvalue weighted by molar-refractivity contribution is 14.0. The van der Waals surface area contributed by atoms with Gasteiger partial charge in [-0.25, -0.2) is 9.37 Å². The third kappa shape index (κ3) is 8.24. The first-order valence-corrected chi connectivity index (χ1v) is 10.6. The minimum atomic E-state index is -0.261. The summed E-state index contributed by atoms with van der Waals surface area (Å²) in [7, 11) is 0. The molecule has 6 nitrogen and oxygen atoms in total. The molecule has 8 heteroatoms. The van der Waals surface area contributed by atoms with E-state index in [1.165, 1.54) is 6.07 Å². The average Bonchev–Trinajstić information content (AvgIpc) is 3.09. The lowest BCUT2D eigenvalue weighted by Gasteiger charge is -2.30. The summed E-state index contributed by atoms with van der Waals surface area (Å²) in [6.45, 7) is 15.2. The Balaban J connectivity index is 0.00000420. The van der Waals surface area contributed by atoms with Gasteiger partial charge in [0.2, 0.25) is 0 Å². The summed E-state index contributed by atoms with van der Waals surface area (Å²) < 4.78 is 14.0. The monoisotopic (exact) mass is 520 g/mol. The lowest BCUT2D eigenvalue weighted by atomic mass is 10.2. The maximum absolute atomic E-state index is 14.0. The number of aliphatic imine (C=N–C) groups is 1. The van der Waals surface area contributed by atoms with Crippen LogP contribution in [-0.4, -0.2) is 66.7 Å². The molecule has 0 aromatic carbocycles. The van der Waals surface area contributed by atoms with Crippen molar-refractivity contribution in [1.82, 2.24) is 20.5 Å². The zero-order valence-electron chi connectivity index (χ0n) is 18.5. The molecule has 1 saturated heterocycles. The molecule has 2 rings (SSSR count). The number of hydrogen-bond acceptors (Lipinski definition) is 4. The van der Waals surface area contributed by atoms with Crippen LogP contribution in [0.1, 0.15) is 47.5 Å². The van der Waals surface area contributed by atoms with Crippen molar-refractivity contribution in [3.05, 3.63) is 24.1 Å². The second-order valence-electron chi connectivity index (χ2n) is 7.92. The van der Waals surface area contributed by atoms with Crippen molar-refractivity contribution in [1.29, 1.82) is 0 Å². The number of hydrogen-bond donors (Lipinski definition) is 2. The molecule has 1 aliphatic heterocycles. The molecule has 2 N–H and O–H groups in total. The molecule has 0 aliphatic carbocycles. The number of rotatable bonds is 9. The molecule has 1 aromatic rings. The molecule has 1 atom stereocenters. The van der Waals surface area contributed by atoms with Crippen molar-refractivity contribution in [2.75, 3.05) is 37.6 Å². The molecular formula is C21H38FIN6. The first-order chi connectivity index (χ1) is 13.4. The fraction of sp³-hybridized carbons (Fsp3) is 0.714. The van der Waals surface area contributed by atoms with Crippen molar-refractivity contribution < 1.29 is 4.39 Å². The van der Waals surface area contributed by atoms with Gasteiger partial charge in [-0.15, -0.1) is 24.0 Å². The molecule has 166 valence electrons. The predicted octanol–water partition coefficient (Wildman–Crippen LogP) is 3.48. The molecule has 1 aromatic heterocycles. The Labute approximate surface area is 192 Å². The van der Waals surface area contributed by atoms with Gasteiger partial charge in [0.1, 0.15) is 0 Å². The Morgan fingerprint density at radius 1 is 1.34 bits per heavy atom. The van der Waals surface area contributed by atoms with Gasteiger partial charge >= 0.3 is 0 Å². The van der Waals surface area contributed by atoms with Crippen molar-refractivity contribution in [2.24, 2.45) is 4.99 Å². The molecule has 0 bridgehead atoms. The van der Waals surface area contributed by atoms with Gasteiger partial charge in [0, 0.05) is 57.0 Å². The van der Waals surface area contributed by atoms with E-state index in [2.05, 4.69) is 55.1 Å². The van der Waals surface area contributed by atoms with Crippen LogP contribution in [0.5, 0.6) is 0 Å². The number of halogens is 2. The lowest BCUT2D eigenvalue weighted by molar-refractivity contribution is 0.174. The van der Waals surface area contributed by atoms with Crippen LogP contribution < -0.4 is 15.5 Å². The number of anilines is 1. The smallest absolute Gasteiger partial charge is 0.191 e. The van der Waals surface area contributed by atoms with Crippen LogP contribution in [0.4, 0.5) is 10.2 Å². The highest BCUT2D eigenvalue weighted by Crippen LogP contribution is 2.20. The van der Waals surface area contributed by atoms with E-state index >= 15 is 0 Å². The van der Waals surface area contributed by atoms with Crippen LogP contribution >= 0.6 is 24.0 Å². The molecule has 0 saturated carbocycles. The van der Waals surface area contributed by atoms with E-state index < -0.39 is 0 Å². The Bertz CT molecular complexity index is 617. The van der Waals surface area contributed by atoms with Gasteiger partial charge < -0.3 is 15.5 Å². The van der Waals surface area contributed by atoms with Gasteiger partial charge in [0.05, 0.1) is 0 Å². The summed E-state index contributed by atoms with van der Waals surface area (Å²) in [5.41, 5.74) is 0. The molecule has 0 spiro atoms. The summed E-state index contributed by atoms with van der Waals surface area (Å²) in [6, 6.07) is 4.42. The Kier molecular flexibility index (Phi) is 11.8. The van der Waals surface area contributed by atoms with E-state index in [0.29, 0.717) is 17.9 Å². The Morgan fingerprint density at radius 3 is 2.69 bits per heavy atom. The van der Waals surface area contributed by atoms with Gasteiger partial charge in [-0.05, 0) is 59.6 Å². The molecule has 0 radical (unpaired) electrons. The van der Waals surface area contributed by atoms with E-state index in [-0.39, 0.29) is 35.8 Å². The second kappa shape index (κ2) is 13.2. The van der Waals surface area contributed by atoms with Gasteiger partial charge in [0.15, 0.2) is 17.6 Å². The first kappa shape index (κ1) is 25.9. The molecular weight excluding hydrogens is 482 g/mol. The zero-order chi connectivity index (χ0) is 20.5. The van der Waals surface area contributed by atoms with Crippen molar-refractivity contribution >= 4 is 35.8 Å². The van der Waals surface area contributed by atoms with Gasteiger partial charge in [0.25, 0.3) is 0 Å². The van der Waals surface area contributed by atoms with E-state index in [1.807, 2.05) is 4.90 Å². The van der Waals surface area contributed by atoms with Crippen molar-refractivity contribution in [2.45, 2.75) is 65.6 Å². The van der Waals surface area contributed by atoms with Crippen LogP contribution in [0, 0.1) is 5.82 Å². The van der Waals surface area contributed by atoms with Crippen molar-refractivity contribution in [3.8, 4) is 0 Å². The summed E-state index contributed by atoms with van der Waals surface area (Å²) in [5, 5.41) is 6.83. The third-order valence-electron chi connectivity index (χ3n) is 5.08. The topological polar surface area (TPSA) is 55.8 Å². The molecule has 0 amide bonds. The minimum Gasteiger partial charge on any atom is -0.357 e. The summed E-state index contributed by atoms with van der Waals surface area (Å²) in [4.78, 5) is 13.4. The maximum atomic E-state index is 14.0. The van der Waals surface area contributed by atoms with Crippen molar-refractivity contribution in [3.63, 3.8) is 0 Å². The molecule has 29 heavy (non-hydrogen) atoms. The summed E-state index contributed by atoms with van der Waals surface area (Å²) >= 11 is 0. The fourth-order valence-corrected chi connectivity index (χ4v) is 3.75. The number of guanidine groups is 1. The van der Waals surface area contributed by atoms with Crippen LogP contribution in [0.2, 0.25) is 0 Å². The third-order valence-corrected chi connectivity index (χ3v) is 5.08. The van der Waals surface area contributed by atoms with E-state index in [9.17, 15) is 4.39 Å².